The normalized spacial score (nSPS) is 12.2. The fourth-order valence-electron chi connectivity index (χ4n) is 1.88. The molecule has 0 radical (unpaired) electrons. The Labute approximate surface area is 126 Å². The monoisotopic (exact) mass is 338 g/mol. The van der Waals surface area contributed by atoms with Crippen molar-refractivity contribution in [2.24, 2.45) is 0 Å². The largest absolute Gasteiger partial charge is 0.494 e. The van der Waals surface area contributed by atoms with Gasteiger partial charge >= 0.3 is 0 Å². The van der Waals surface area contributed by atoms with Crippen LogP contribution >= 0.6 is 15.9 Å². The van der Waals surface area contributed by atoms with E-state index in [9.17, 15) is 4.39 Å². The Morgan fingerprint density at radius 1 is 1.35 bits per heavy atom. The number of halogens is 2. The number of ether oxygens (including phenoxy) is 1. The molecule has 1 aromatic heterocycles. The second kappa shape index (κ2) is 6.81. The quantitative estimate of drug-likeness (QED) is 0.841. The summed E-state index contributed by atoms with van der Waals surface area (Å²) in [4.78, 5) is 4.34. The molecule has 2 aromatic rings. The van der Waals surface area contributed by atoms with Crippen LogP contribution in [0.1, 0.15) is 24.2 Å². The van der Waals surface area contributed by atoms with Gasteiger partial charge in [0.15, 0.2) is 11.6 Å². The molecule has 0 fully saturated rings. The van der Waals surface area contributed by atoms with Crippen molar-refractivity contribution >= 4 is 15.9 Å². The van der Waals surface area contributed by atoms with Gasteiger partial charge < -0.3 is 10.1 Å². The first-order chi connectivity index (χ1) is 9.60. The maximum absolute atomic E-state index is 13.7. The second-order valence-corrected chi connectivity index (χ2v) is 5.26. The van der Waals surface area contributed by atoms with Gasteiger partial charge in [0.1, 0.15) is 4.60 Å². The van der Waals surface area contributed by atoms with E-state index in [1.165, 1.54) is 13.2 Å². The van der Waals surface area contributed by atoms with Gasteiger partial charge in [-0.05, 0) is 52.7 Å². The van der Waals surface area contributed by atoms with E-state index >= 15 is 0 Å². The molecule has 20 heavy (non-hydrogen) atoms. The number of aromatic nitrogens is 1. The van der Waals surface area contributed by atoms with E-state index in [1.54, 1.807) is 6.07 Å². The number of benzene rings is 1. The van der Waals surface area contributed by atoms with E-state index in [0.717, 1.165) is 15.9 Å². The summed E-state index contributed by atoms with van der Waals surface area (Å²) in [5, 5.41) is 3.32. The predicted octanol–water partition coefficient (Wildman–Crippen LogP) is 3.84. The van der Waals surface area contributed by atoms with Crippen molar-refractivity contribution in [2.45, 2.75) is 19.5 Å². The van der Waals surface area contributed by atoms with Crippen molar-refractivity contribution in [3.05, 3.63) is 58.1 Å². The van der Waals surface area contributed by atoms with Crippen molar-refractivity contribution < 1.29 is 9.13 Å². The van der Waals surface area contributed by atoms with Crippen molar-refractivity contribution in [2.75, 3.05) is 7.11 Å². The minimum atomic E-state index is -0.348. The Morgan fingerprint density at radius 3 is 2.80 bits per heavy atom. The molecule has 1 N–H and O–H groups in total. The highest BCUT2D eigenvalue weighted by atomic mass is 79.9. The van der Waals surface area contributed by atoms with Gasteiger partial charge in [0, 0.05) is 12.6 Å². The Morgan fingerprint density at radius 2 is 2.15 bits per heavy atom. The number of hydrogen-bond acceptors (Lipinski definition) is 3. The highest BCUT2D eigenvalue weighted by Gasteiger charge is 2.09. The smallest absolute Gasteiger partial charge is 0.165 e. The maximum atomic E-state index is 13.7. The fourth-order valence-corrected chi connectivity index (χ4v) is 2.26. The molecule has 0 saturated carbocycles. The average Bonchev–Trinajstić information content (AvgIpc) is 2.44. The van der Waals surface area contributed by atoms with Crippen LogP contribution in [0.5, 0.6) is 5.75 Å². The van der Waals surface area contributed by atoms with Gasteiger partial charge in [-0.2, -0.15) is 0 Å². The van der Waals surface area contributed by atoms with E-state index in [-0.39, 0.29) is 17.6 Å². The van der Waals surface area contributed by atoms with Crippen LogP contribution in [0.25, 0.3) is 0 Å². The van der Waals surface area contributed by atoms with Crippen LogP contribution < -0.4 is 10.1 Å². The molecule has 2 rings (SSSR count). The van der Waals surface area contributed by atoms with Crippen LogP contribution in [0.4, 0.5) is 4.39 Å². The third-order valence-electron chi connectivity index (χ3n) is 3.04. The fraction of sp³-hybridized carbons (Fsp3) is 0.267. The average molecular weight is 339 g/mol. The van der Waals surface area contributed by atoms with Crippen LogP contribution in [-0.2, 0) is 6.54 Å². The molecular weight excluding hydrogens is 323 g/mol. The van der Waals surface area contributed by atoms with Gasteiger partial charge in [-0.3, -0.25) is 0 Å². The molecule has 0 bridgehead atoms. The predicted molar refractivity (Wildman–Crippen MR) is 80.1 cm³/mol. The molecule has 3 nitrogen and oxygen atoms in total. The Bertz CT molecular complexity index is 592. The third-order valence-corrected chi connectivity index (χ3v) is 3.48. The Hall–Kier alpha value is -1.46. The highest BCUT2D eigenvalue weighted by Crippen LogP contribution is 2.21. The van der Waals surface area contributed by atoms with Gasteiger partial charge in [-0.15, -0.1) is 0 Å². The molecular formula is C15H16BrFN2O. The molecule has 0 aliphatic rings. The van der Waals surface area contributed by atoms with Gasteiger partial charge in [0.2, 0.25) is 0 Å². The molecule has 0 saturated heterocycles. The summed E-state index contributed by atoms with van der Waals surface area (Å²) in [6.07, 6.45) is 0. The zero-order valence-corrected chi connectivity index (χ0v) is 12.9. The third kappa shape index (κ3) is 3.77. The molecule has 0 aliphatic carbocycles. The van der Waals surface area contributed by atoms with E-state index in [0.29, 0.717) is 6.54 Å². The van der Waals surface area contributed by atoms with E-state index in [1.807, 2.05) is 31.2 Å². The first-order valence-corrected chi connectivity index (χ1v) is 7.07. The van der Waals surface area contributed by atoms with Gasteiger partial charge in [-0.1, -0.05) is 12.1 Å². The zero-order valence-electron chi connectivity index (χ0n) is 11.4. The Balaban J connectivity index is 2.01. The molecule has 1 heterocycles. The van der Waals surface area contributed by atoms with Crippen LogP contribution in [0.15, 0.2) is 41.0 Å². The van der Waals surface area contributed by atoms with Gasteiger partial charge in [0.25, 0.3) is 0 Å². The number of rotatable bonds is 5. The van der Waals surface area contributed by atoms with Crippen molar-refractivity contribution in [1.29, 1.82) is 0 Å². The second-order valence-electron chi connectivity index (χ2n) is 4.45. The molecule has 1 aromatic carbocycles. The topological polar surface area (TPSA) is 34.1 Å². The summed E-state index contributed by atoms with van der Waals surface area (Å²) in [5.74, 6) is -0.0890. The minimum absolute atomic E-state index is 0.0242. The molecule has 5 heteroatoms. The molecule has 0 aliphatic heterocycles. The molecule has 0 amide bonds. The number of methoxy groups -OCH3 is 1. The highest BCUT2D eigenvalue weighted by molar-refractivity contribution is 9.10. The van der Waals surface area contributed by atoms with Crippen molar-refractivity contribution in [1.82, 2.24) is 10.3 Å². The van der Waals surface area contributed by atoms with E-state index < -0.39 is 0 Å². The first-order valence-electron chi connectivity index (χ1n) is 6.28. The Kier molecular flexibility index (Phi) is 5.09. The summed E-state index contributed by atoms with van der Waals surface area (Å²) in [6.45, 7) is 2.60. The summed E-state index contributed by atoms with van der Waals surface area (Å²) >= 11 is 3.34. The standard InChI is InChI=1S/C15H16BrFN2O/c1-10(11-6-7-14(20-2)13(17)8-11)18-9-12-4-3-5-15(16)19-12/h3-8,10,18H,9H2,1-2H3/t10-/m1/s1. The molecule has 0 unspecified atom stereocenters. The molecule has 106 valence electrons. The molecule has 0 spiro atoms. The van der Waals surface area contributed by atoms with Crippen LogP contribution in [0, 0.1) is 5.82 Å². The summed E-state index contributed by atoms with van der Waals surface area (Å²) < 4.78 is 19.4. The lowest BCUT2D eigenvalue weighted by atomic mass is 10.1. The van der Waals surface area contributed by atoms with Crippen molar-refractivity contribution in [3.8, 4) is 5.75 Å². The molecule has 1 atom stereocenters. The van der Waals surface area contributed by atoms with Crippen molar-refractivity contribution in [3.63, 3.8) is 0 Å². The lowest BCUT2D eigenvalue weighted by Gasteiger charge is -2.15. The summed E-state index contributed by atoms with van der Waals surface area (Å²) in [5.41, 5.74) is 1.80. The van der Waals surface area contributed by atoms with Crippen LogP contribution in [0.2, 0.25) is 0 Å². The van der Waals surface area contributed by atoms with Gasteiger partial charge in [0.05, 0.1) is 12.8 Å². The maximum Gasteiger partial charge on any atom is 0.165 e. The van der Waals surface area contributed by atoms with Gasteiger partial charge in [-0.25, -0.2) is 9.37 Å². The first kappa shape index (κ1) is 14.9. The van der Waals surface area contributed by atoms with E-state index in [2.05, 4.69) is 26.2 Å². The number of nitrogens with zero attached hydrogens (tertiary/aromatic N) is 1. The zero-order chi connectivity index (χ0) is 14.5. The summed E-state index contributed by atoms with van der Waals surface area (Å²) in [7, 11) is 1.46. The minimum Gasteiger partial charge on any atom is -0.494 e. The van der Waals surface area contributed by atoms with Crippen LogP contribution in [-0.4, -0.2) is 12.1 Å². The lowest BCUT2D eigenvalue weighted by Crippen LogP contribution is -2.19. The number of hydrogen-bond donors (Lipinski definition) is 1. The number of pyridine rings is 1. The lowest BCUT2D eigenvalue weighted by molar-refractivity contribution is 0.385. The van der Waals surface area contributed by atoms with Crippen LogP contribution in [0.3, 0.4) is 0 Å². The van der Waals surface area contributed by atoms with E-state index in [4.69, 9.17) is 4.74 Å². The number of nitrogens with one attached hydrogen (secondary N) is 1. The summed E-state index contributed by atoms with van der Waals surface area (Å²) in [6, 6.07) is 10.8. The SMILES string of the molecule is COc1ccc([C@@H](C)NCc2cccc(Br)n2)cc1F.